The van der Waals surface area contributed by atoms with Crippen molar-refractivity contribution < 1.29 is 12.8 Å². The van der Waals surface area contributed by atoms with Crippen molar-refractivity contribution >= 4 is 22.4 Å². The van der Waals surface area contributed by atoms with E-state index >= 15 is 0 Å². The molecule has 24 heavy (non-hydrogen) atoms. The van der Waals surface area contributed by atoms with E-state index in [9.17, 15) is 12.8 Å². The highest BCUT2D eigenvalue weighted by molar-refractivity contribution is 7.89. The van der Waals surface area contributed by atoms with Crippen LogP contribution in [0.2, 0.25) is 0 Å². The van der Waals surface area contributed by atoms with Gasteiger partial charge in [0.25, 0.3) is 0 Å². The summed E-state index contributed by atoms with van der Waals surface area (Å²) >= 11 is 0. The van der Waals surface area contributed by atoms with Crippen LogP contribution < -0.4 is 10.0 Å². The second-order valence-corrected chi connectivity index (χ2v) is 7.48. The van der Waals surface area contributed by atoms with Crippen LogP contribution in [0.3, 0.4) is 0 Å². The highest BCUT2D eigenvalue weighted by Gasteiger charge is 2.23. The van der Waals surface area contributed by atoms with Crippen molar-refractivity contribution in [2.45, 2.75) is 24.3 Å². The highest BCUT2D eigenvalue weighted by atomic mass is 35.5. The molecule has 0 spiro atoms. The summed E-state index contributed by atoms with van der Waals surface area (Å²) < 4.78 is 41.1. The summed E-state index contributed by atoms with van der Waals surface area (Å²) in [7, 11) is -3.87. The van der Waals surface area contributed by atoms with E-state index in [2.05, 4.69) is 16.1 Å². The lowest BCUT2D eigenvalue weighted by atomic mass is 9.95. The Labute approximate surface area is 147 Å². The van der Waals surface area contributed by atoms with Crippen molar-refractivity contribution in [2.75, 3.05) is 13.1 Å². The van der Waals surface area contributed by atoms with Gasteiger partial charge in [-0.05, 0) is 48.7 Å². The summed E-state index contributed by atoms with van der Waals surface area (Å²) in [5.41, 5.74) is 2.99. The van der Waals surface area contributed by atoms with Crippen LogP contribution in [0.5, 0.6) is 0 Å². The topological polar surface area (TPSA) is 58.2 Å². The number of aryl methyl sites for hydroxylation is 1. The van der Waals surface area contributed by atoms with E-state index in [4.69, 9.17) is 0 Å². The molecule has 1 aliphatic heterocycles. The van der Waals surface area contributed by atoms with Gasteiger partial charge in [-0.3, -0.25) is 0 Å². The number of fused-ring (bicyclic) bond motifs is 1. The minimum absolute atomic E-state index is 0. The SMILES string of the molecule is Cc1ccc(S(=O)(=O)NCC2NCCc3ccccc32)c(F)c1.Cl. The number of hydrogen-bond acceptors (Lipinski definition) is 3. The van der Waals surface area contributed by atoms with E-state index in [1.165, 1.54) is 17.7 Å². The Morgan fingerprint density at radius 1 is 1.25 bits per heavy atom. The molecule has 1 aliphatic rings. The molecule has 0 amide bonds. The summed E-state index contributed by atoms with van der Waals surface area (Å²) in [6, 6.07) is 12.0. The maximum absolute atomic E-state index is 13.9. The van der Waals surface area contributed by atoms with Crippen molar-refractivity contribution in [3.05, 3.63) is 65.0 Å². The fraction of sp³-hybridized carbons (Fsp3) is 0.294. The van der Waals surface area contributed by atoms with Crippen molar-refractivity contribution in [1.82, 2.24) is 10.0 Å². The van der Waals surface area contributed by atoms with Gasteiger partial charge in [0, 0.05) is 12.6 Å². The molecule has 2 aromatic carbocycles. The number of halogens is 2. The van der Waals surface area contributed by atoms with E-state index in [0.717, 1.165) is 18.5 Å². The highest BCUT2D eigenvalue weighted by Crippen LogP contribution is 2.23. The predicted molar refractivity (Wildman–Crippen MR) is 94.5 cm³/mol. The van der Waals surface area contributed by atoms with Crippen LogP contribution in [0.1, 0.15) is 22.7 Å². The average Bonchev–Trinajstić information content (AvgIpc) is 2.52. The van der Waals surface area contributed by atoms with Crippen LogP contribution in [0.15, 0.2) is 47.4 Å². The van der Waals surface area contributed by atoms with Crippen LogP contribution in [-0.4, -0.2) is 21.5 Å². The lowest BCUT2D eigenvalue weighted by molar-refractivity contribution is 0.489. The molecule has 0 saturated heterocycles. The molecule has 4 nitrogen and oxygen atoms in total. The van der Waals surface area contributed by atoms with Gasteiger partial charge >= 0.3 is 0 Å². The number of rotatable bonds is 4. The van der Waals surface area contributed by atoms with Crippen LogP contribution in [0, 0.1) is 12.7 Å². The van der Waals surface area contributed by atoms with Crippen molar-refractivity contribution in [1.29, 1.82) is 0 Å². The van der Waals surface area contributed by atoms with E-state index in [0.29, 0.717) is 5.56 Å². The Bertz CT molecular complexity index is 827. The lowest BCUT2D eigenvalue weighted by Crippen LogP contribution is -2.39. The molecule has 1 unspecified atom stereocenters. The van der Waals surface area contributed by atoms with Crippen LogP contribution in [0.25, 0.3) is 0 Å². The van der Waals surface area contributed by atoms with Gasteiger partial charge in [-0.2, -0.15) is 0 Å². The standard InChI is InChI=1S/C17H19FN2O2S.ClH/c1-12-6-7-17(15(18)10-12)23(21,22)20-11-16-14-5-3-2-4-13(14)8-9-19-16;/h2-7,10,16,19-20H,8-9,11H2,1H3;1H. The first-order valence-corrected chi connectivity index (χ1v) is 9.03. The Morgan fingerprint density at radius 2 is 2.00 bits per heavy atom. The third-order valence-corrected chi connectivity index (χ3v) is 5.53. The molecule has 1 heterocycles. The maximum atomic E-state index is 13.9. The molecular weight excluding hydrogens is 351 g/mol. The number of nitrogens with one attached hydrogen (secondary N) is 2. The Hall–Kier alpha value is -1.47. The Morgan fingerprint density at radius 3 is 2.75 bits per heavy atom. The van der Waals surface area contributed by atoms with Crippen LogP contribution >= 0.6 is 12.4 Å². The van der Waals surface area contributed by atoms with Crippen molar-refractivity contribution in [3.63, 3.8) is 0 Å². The average molecular weight is 371 g/mol. The second kappa shape index (κ2) is 7.61. The molecule has 0 bridgehead atoms. The van der Waals surface area contributed by atoms with E-state index in [1.807, 2.05) is 18.2 Å². The lowest BCUT2D eigenvalue weighted by Gasteiger charge is -2.27. The summed E-state index contributed by atoms with van der Waals surface area (Å²) in [4.78, 5) is -0.313. The molecule has 7 heteroatoms. The first-order valence-electron chi connectivity index (χ1n) is 7.54. The number of sulfonamides is 1. The molecule has 2 N–H and O–H groups in total. The first-order chi connectivity index (χ1) is 11.0. The minimum atomic E-state index is -3.87. The first kappa shape index (κ1) is 18.9. The Kier molecular flexibility index (Phi) is 5.98. The van der Waals surface area contributed by atoms with E-state index in [1.54, 1.807) is 13.0 Å². The largest absolute Gasteiger partial charge is 0.308 e. The third kappa shape index (κ3) is 3.95. The zero-order valence-corrected chi connectivity index (χ0v) is 14.9. The number of hydrogen-bond donors (Lipinski definition) is 2. The second-order valence-electron chi connectivity index (χ2n) is 5.74. The van der Waals surface area contributed by atoms with Gasteiger partial charge in [0.15, 0.2) is 0 Å². The van der Waals surface area contributed by atoms with Gasteiger partial charge in [-0.15, -0.1) is 12.4 Å². The van der Waals surface area contributed by atoms with E-state index in [-0.39, 0.29) is 29.9 Å². The monoisotopic (exact) mass is 370 g/mol. The molecular formula is C17H20ClFN2O2S. The van der Waals surface area contributed by atoms with Gasteiger partial charge in [-0.25, -0.2) is 17.5 Å². The van der Waals surface area contributed by atoms with Crippen molar-refractivity contribution in [3.8, 4) is 0 Å². The molecule has 0 radical (unpaired) electrons. The fourth-order valence-electron chi connectivity index (χ4n) is 2.87. The quantitative estimate of drug-likeness (QED) is 0.870. The summed E-state index contributed by atoms with van der Waals surface area (Å²) in [6.45, 7) is 2.70. The fourth-order valence-corrected chi connectivity index (χ4v) is 3.97. The molecule has 0 aliphatic carbocycles. The van der Waals surface area contributed by atoms with Gasteiger partial charge in [0.1, 0.15) is 10.7 Å². The molecule has 2 aromatic rings. The smallest absolute Gasteiger partial charge is 0.243 e. The predicted octanol–water partition coefficient (Wildman–Crippen LogP) is 2.72. The minimum Gasteiger partial charge on any atom is -0.308 e. The van der Waals surface area contributed by atoms with Crippen LogP contribution in [-0.2, 0) is 16.4 Å². The van der Waals surface area contributed by atoms with Gasteiger partial charge in [0.05, 0.1) is 0 Å². The maximum Gasteiger partial charge on any atom is 0.243 e. The van der Waals surface area contributed by atoms with Crippen molar-refractivity contribution in [2.24, 2.45) is 0 Å². The van der Waals surface area contributed by atoms with Crippen LogP contribution in [0.4, 0.5) is 4.39 Å². The van der Waals surface area contributed by atoms with Gasteiger partial charge < -0.3 is 5.32 Å². The number of benzene rings is 2. The molecule has 0 aromatic heterocycles. The summed E-state index contributed by atoms with van der Waals surface area (Å²) in [5, 5.41) is 3.30. The molecule has 0 saturated carbocycles. The third-order valence-electron chi connectivity index (χ3n) is 4.07. The molecule has 1 atom stereocenters. The Balaban J connectivity index is 0.00000208. The van der Waals surface area contributed by atoms with Gasteiger partial charge in [-0.1, -0.05) is 30.3 Å². The molecule has 3 rings (SSSR count). The van der Waals surface area contributed by atoms with Gasteiger partial charge in [0.2, 0.25) is 10.0 Å². The normalized spacial score (nSPS) is 17.0. The molecule has 130 valence electrons. The molecule has 0 fully saturated rings. The van der Waals surface area contributed by atoms with E-state index < -0.39 is 15.8 Å². The zero-order chi connectivity index (χ0) is 16.4. The summed E-state index contributed by atoms with van der Waals surface area (Å²) in [6.07, 6.45) is 0.923. The summed E-state index contributed by atoms with van der Waals surface area (Å²) in [5.74, 6) is -0.727. The zero-order valence-electron chi connectivity index (χ0n) is 13.3.